The fraction of sp³-hybridized carbons (Fsp3) is 0.556. The summed E-state index contributed by atoms with van der Waals surface area (Å²) in [5, 5.41) is 9.45. The fourth-order valence-corrected chi connectivity index (χ4v) is 4.47. The largest absolute Gasteiger partial charge is 0.396 e. The molecule has 1 aromatic carbocycles. The van der Waals surface area contributed by atoms with Crippen LogP contribution in [0.3, 0.4) is 0 Å². The minimum atomic E-state index is -1.06. The van der Waals surface area contributed by atoms with E-state index in [0.29, 0.717) is 12.3 Å². The normalized spacial score (nSPS) is 26.5. The molecule has 1 heterocycles. The third-order valence-electron chi connectivity index (χ3n) is 4.03. The van der Waals surface area contributed by atoms with Gasteiger partial charge in [-0.3, -0.25) is 0 Å². The SMILES string of the molecule is C[C@@H]1CN(S(=O)C(C)(C)C)[C@@H](CCO)/C1=C\c1ccccc1. The summed E-state index contributed by atoms with van der Waals surface area (Å²) in [6.07, 6.45) is 2.83. The molecule has 1 saturated heterocycles. The number of hydrogen-bond acceptors (Lipinski definition) is 2. The zero-order valence-corrected chi connectivity index (χ0v) is 14.8. The molecule has 0 radical (unpaired) electrons. The quantitative estimate of drug-likeness (QED) is 0.925. The molecule has 0 spiro atoms. The standard InChI is InChI=1S/C18H27NO2S/c1-14-13-19(22(21)18(2,3)4)17(10-11-20)16(14)12-15-8-6-5-7-9-15/h5-9,12,14,17,20H,10-11,13H2,1-4H3/b16-12-/t14-,17+,22?/m1/s1. The van der Waals surface area contributed by atoms with Gasteiger partial charge in [-0.2, -0.15) is 0 Å². The lowest BCUT2D eigenvalue weighted by Crippen LogP contribution is -2.41. The van der Waals surface area contributed by atoms with Crippen molar-refractivity contribution in [2.45, 2.75) is 44.9 Å². The highest BCUT2D eigenvalue weighted by Crippen LogP contribution is 2.36. The summed E-state index contributed by atoms with van der Waals surface area (Å²) < 4.78 is 14.6. The smallest absolute Gasteiger partial charge is 0.100 e. The summed E-state index contributed by atoms with van der Waals surface area (Å²) in [4.78, 5) is 0. The van der Waals surface area contributed by atoms with Crippen LogP contribution in [0.2, 0.25) is 0 Å². The average molecular weight is 321 g/mol. The number of benzene rings is 1. The van der Waals surface area contributed by atoms with Crippen LogP contribution in [0, 0.1) is 5.92 Å². The van der Waals surface area contributed by atoms with Gasteiger partial charge >= 0.3 is 0 Å². The Morgan fingerprint density at radius 2 is 1.95 bits per heavy atom. The summed E-state index contributed by atoms with van der Waals surface area (Å²) in [6, 6.07) is 10.3. The van der Waals surface area contributed by atoms with Crippen molar-refractivity contribution in [1.29, 1.82) is 0 Å². The van der Waals surface area contributed by atoms with Crippen LogP contribution >= 0.6 is 0 Å². The van der Waals surface area contributed by atoms with E-state index in [4.69, 9.17) is 0 Å². The van der Waals surface area contributed by atoms with Crippen molar-refractivity contribution in [2.24, 2.45) is 5.92 Å². The van der Waals surface area contributed by atoms with E-state index in [0.717, 1.165) is 12.1 Å². The van der Waals surface area contributed by atoms with Gasteiger partial charge in [0.25, 0.3) is 0 Å². The Labute approximate surface area is 136 Å². The van der Waals surface area contributed by atoms with Crippen LogP contribution in [0.5, 0.6) is 0 Å². The summed E-state index contributed by atoms with van der Waals surface area (Å²) in [5.74, 6) is 0.350. The van der Waals surface area contributed by atoms with Crippen LogP contribution in [0.4, 0.5) is 0 Å². The van der Waals surface area contributed by atoms with Crippen LogP contribution in [-0.2, 0) is 11.0 Å². The second kappa shape index (κ2) is 7.07. The maximum Gasteiger partial charge on any atom is 0.100 e. The van der Waals surface area contributed by atoms with Crippen LogP contribution in [-0.4, -0.2) is 37.6 Å². The first-order chi connectivity index (χ1) is 10.3. The van der Waals surface area contributed by atoms with Gasteiger partial charge in [0.15, 0.2) is 0 Å². The zero-order valence-electron chi connectivity index (χ0n) is 14.0. The number of rotatable bonds is 4. The first-order valence-electron chi connectivity index (χ1n) is 7.90. The lowest BCUT2D eigenvalue weighted by atomic mass is 9.95. The first kappa shape index (κ1) is 17.4. The van der Waals surface area contributed by atoms with Crippen molar-refractivity contribution in [1.82, 2.24) is 4.31 Å². The van der Waals surface area contributed by atoms with Gasteiger partial charge in [-0.25, -0.2) is 8.51 Å². The van der Waals surface area contributed by atoms with Crippen LogP contribution in [0.1, 0.15) is 39.7 Å². The van der Waals surface area contributed by atoms with Crippen LogP contribution in [0.25, 0.3) is 6.08 Å². The van der Waals surface area contributed by atoms with Crippen molar-refractivity contribution in [2.75, 3.05) is 13.2 Å². The van der Waals surface area contributed by atoms with Gasteiger partial charge in [-0.05, 0) is 44.2 Å². The topological polar surface area (TPSA) is 40.5 Å². The molecule has 0 amide bonds. The highest BCUT2D eigenvalue weighted by molar-refractivity contribution is 7.84. The highest BCUT2D eigenvalue weighted by Gasteiger charge is 2.40. The van der Waals surface area contributed by atoms with E-state index in [2.05, 4.69) is 29.4 Å². The molecule has 0 aromatic heterocycles. The van der Waals surface area contributed by atoms with Gasteiger partial charge in [-0.1, -0.05) is 43.3 Å². The van der Waals surface area contributed by atoms with Gasteiger partial charge in [0.05, 0.1) is 4.75 Å². The summed E-state index contributed by atoms with van der Waals surface area (Å²) >= 11 is 0. The number of hydrogen-bond donors (Lipinski definition) is 1. The predicted octanol–water partition coefficient (Wildman–Crippen LogP) is 3.23. The summed E-state index contributed by atoms with van der Waals surface area (Å²) in [5.41, 5.74) is 2.44. The molecule has 0 aliphatic carbocycles. The molecule has 0 bridgehead atoms. The van der Waals surface area contributed by atoms with Crippen LogP contribution < -0.4 is 0 Å². The molecule has 22 heavy (non-hydrogen) atoms. The Bertz CT molecular complexity index is 548. The van der Waals surface area contributed by atoms with Gasteiger partial charge in [-0.15, -0.1) is 0 Å². The van der Waals surface area contributed by atoms with Crippen molar-refractivity contribution < 1.29 is 9.32 Å². The van der Waals surface area contributed by atoms with Gasteiger partial charge in [0, 0.05) is 19.2 Å². The third kappa shape index (κ3) is 3.86. The molecular formula is C18H27NO2S. The summed E-state index contributed by atoms with van der Waals surface area (Å²) in [6.45, 7) is 9.08. The molecule has 1 aliphatic rings. The average Bonchev–Trinajstić information content (AvgIpc) is 2.76. The zero-order chi connectivity index (χ0) is 16.3. The molecule has 1 unspecified atom stereocenters. The number of aliphatic hydroxyl groups is 1. The molecule has 1 fully saturated rings. The summed E-state index contributed by atoms with van der Waals surface area (Å²) in [7, 11) is -1.06. The highest BCUT2D eigenvalue weighted by atomic mass is 32.2. The molecular weight excluding hydrogens is 294 g/mol. The van der Waals surface area contributed by atoms with Crippen molar-refractivity contribution in [3.63, 3.8) is 0 Å². The van der Waals surface area contributed by atoms with E-state index < -0.39 is 11.0 Å². The Morgan fingerprint density at radius 3 is 2.50 bits per heavy atom. The molecule has 1 N–H and O–H groups in total. The maximum atomic E-state index is 12.8. The molecule has 1 aliphatic heterocycles. The molecule has 1 aromatic rings. The van der Waals surface area contributed by atoms with E-state index in [1.165, 1.54) is 5.57 Å². The molecule has 3 nitrogen and oxygen atoms in total. The Morgan fingerprint density at radius 1 is 1.32 bits per heavy atom. The number of nitrogens with zero attached hydrogens (tertiary/aromatic N) is 1. The van der Waals surface area contributed by atoms with Crippen molar-refractivity contribution in [3.05, 3.63) is 41.5 Å². The monoisotopic (exact) mass is 321 g/mol. The molecule has 2 rings (SSSR count). The van der Waals surface area contributed by atoms with Crippen molar-refractivity contribution >= 4 is 17.1 Å². The van der Waals surface area contributed by atoms with Gasteiger partial charge < -0.3 is 5.11 Å². The van der Waals surface area contributed by atoms with Crippen LogP contribution in [0.15, 0.2) is 35.9 Å². The Balaban J connectivity index is 2.34. The lowest BCUT2D eigenvalue weighted by molar-refractivity contribution is 0.258. The Kier molecular flexibility index (Phi) is 5.59. The van der Waals surface area contributed by atoms with Gasteiger partial charge in [0.2, 0.25) is 0 Å². The van der Waals surface area contributed by atoms with Gasteiger partial charge in [0.1, 0.15) is 11.0 Å². The number of aliphatic hydroxyl groups excluding tert-OH is 1. The maximum absolute atomic E-state index is 12.8. The predicted molar refractivity (Wildman–Crippen MR) is 93.7 cm³/mol. The minimum Gasteiger partial charge on any atom is -0.396 e. The third-order valence-corrected chi connectivity index (χ3v) is 5.90. The fourth-order valence-electron chi connectivity index (χ4n) is 2.95. The van der Waals surface area contributed by atoms with E-state index in [9.17, 15) is 9.32 Å². The van der Waals surface area contributed by atoms with Crippen molar-refractivity contribution in [3.8, 4) is 0 Å². The molecule has 122 valence electrons. The second-order valence-electron chi connectivity index (χ2n) is 6.95. The van der Waals surface area contributed by atoms with E-state index in [1.54, 1.807) is 0 Å². The van der Waals surface area contributed by atoms with E-state index >= 15 is 0 Å². The Hall–Kier alpha value is -0.970. The first-order valence-corrected chi connectivity index (χ1v) is 9.01. The molecule has 4 heteroatoms. The molecule has 3 atom stereocenters. The van der Waals surface area contributed by atoms with E-state index in [1.807, 2.05) is 39.0 Å². The van der Waals surface area contributed by atoms with E-state index in [-0.39, 0.29) is 17.4 Å². The molecule has 0 saturated carbocycles. The minimum absolute atomic E-state index is 0.0558. The lowest BCUT2D eigenvalue weighted by Gasteiger charge is -2.30. The second-order valence-corrected chi connectivity index (χ2v) is 9.14.